The summed E-state index contributed by atoms with van der Waals surface area (Å²) >= 11 is 0. The van der Waals surface area contributed by atoms with Gasteiger partial charge in [-0.15, -0.1) is 0 Å². The highest BCUT2D eigenvalue weighted by atomic mass is 32.2. The maximum atomic E-state index is 12.7. The number of anilines is 1. The standard InChI is InChI=1S/C15H24N2O2S/c1-4-16-14-7-9-15(10-8-14)20(18,19)17(12(2)3)11-13-5-6-13/h7-10,12-13,16H,4-6,11H2,1-3H3. The Hall–Kier alpha value is -1.07. The highest BCUT2D eigenvalue weighted by Crippen LogP contribution is 2.32. The van der Waals surface area contributed by atoms with Crippen LogP contribution in [0.4, 0.5) is 5.69 Å². The molecule has 0 radical (unpaired) electrons. The van der Waals surface area contributed by atoms with Gasteiger partial charge in [0.05, 0.1) is 4.90 Å². The Morgan fingerprint density at radius 3 is 2.30 bits per heavy atom. The van der Waals surface area contributed by atoms with E-state index in [4.69, 9.17) is 0 Å². The molecular formula is C15H24N2O2S. The van der Waals surface area contributed by atoms with Crippen LogP contribution in [-0.2, 0) is 10.0 Å². The van der Waals surface area contributed by atoms with Crippen molar-refractivity contribution in [3.8, 4) is 0 Å². The van der Waals surface area contributed by atoms with Gasteiger partial charge < -0.3 is 5.32 Å². The van der Waals surface area contributed by atoms with E-state index in [9.17, 15) is 8.42 Å². The lowest BCUT2D eigenvalue weighted by molar-refractivity contribution is 0.342. The van der Waals surface area contributed by atoms with Crippen LogP contribution in [0.3, 0.4) is 0 Å². The van der Waals surface area contributed by atoms with Gasteiger partial charge in [0.2, 0.25) is 10.0 Å². The van der Waals surface area contributed by atoms with Gasteiger partial charge in [0, 0.05) is 24.8 Å². The maximum absolute atomic E-state index is 12.7. The summed E-state index contributed by atoms with van der Waals surface area (Å²) in [4.78, 5) is 0.383. The van der Waals surface area contributed by atoms with Gasteiger partial charge in [0.1, 0.15) is 0 Å². The van der Waals surface area contributed by atoms with Crippen LogP contribution in [0.2, 0.25) is 0 Å². The molecule has 2 rings (SSSR count). The minimum Gasteiger partial charge on any atom is -0.385 e. The van der Waals surface area contributed by atoms with Gasteiger partial charge in [-0.25, -0.2) is 8.42 Å². The number of sulfonamides is 1. The van der Waals surface area contributed by atoms with Crippen molar-refractivity contribution in [1.82, 2.24) is 4.31 Å². The van der Waals surface area contributed by atoms with Crippen molar-refractivity contribution >= 4 is 15.7 Å². The van der Waals surface area contributed by atoms with E-state index >= 15 is 0 Å². The van der Waals surface area contributed by atoms with E-state index in [-0.39, 0.29) is 6.04 Å². The van der Waals surface area contributed by atoms with Gasteiger partial charge in [-0.1, -0.05) is 0 Å². The molecule has 0 heterocycles. The van der Waals surface area contributed by atoms with E-state index in [1.807, 2.05) is 32.9 Å². The Morgan fingerprint density at radius 2 is 1.85 bits per heavy atom. The molecule has 1 fully saturated rings. The zero-order valence-corrected chi connectivity index (χ0v) is 13.3. The minimum absolute atomic E-state index is 0.00552. The number of hydrogen-bond donors (Lipinski definition) is 1. The molecule has 1 aromatic rings. The second kappa shape index (κ2) is 6.14. The molecule has 1 aliphatic carbocycles. The Morgan fingerprint density at radius 1 is 1.25 bits per heavy atom. The second-order valence-corrected chi connectivity index (χ2v) is 7.56. The van der Waals surface area contributed by atoms with Crippen LogP contribution in [0.25, 0.3) is 0 Å². The fraction of sp³-hybridized carbons (Fsp3) is 0.600. The summed E-state index contributed by atoms with van der Waals surface area (Å²) in [7, 11) is -3.38. The molecule has 1 aliphatic rings. The molecule has 0 bridgehead atoms. The van der Waals surface area contributed by atoms with Crippen molar-refractivity contribution in [1.29, 1.82) is 0 Å². The molecule has 20 heavy (non-hydrogen) atoms. The highest BCUT2D eigenvalue weighted by Gasteiger charge is 2.33. The third kappa shape index (κ3) is 3.52. The van der Waals surface area contributed by atoms with Crippen molar-refractivity contribution in [2.75, 3.05) is 18.4 Å². The van der Waals surface area contributed by atoms with Crippen molar-refractivity contribution in [3.63, 3.8) is 0 Å². The Bertz CT molecular complexity index is 533. The summed E-state index contributed by atoms with van der Waals surface area (Å²) in [6.45, 7) is 7.36. The van der Waals surface area contributed by atoms with E-state index in [2.05, 4.69) is 5.32 Å². The lowest BCUT2D eigenvalue weighted by atomic mass is 10.3. The first-order valence-corrected chi connectivity index (χ1v) is 8.75. The quantitative estimate of drug-likeness (QED) is 0.841. The molecule has 0 spiro atoms. The van der Waals surface area contributed by atoms with Crippen LogP contribution < -0.4 is 5.32 Å². The van der Waals surface area contributed by atoms with Crippen LogP contribution in [-0.4, -0.2) is 31.9 Å². The first-order valence-electron chi connectivity index (χ1n) is 7.31. The van der Waals surface area contributed by atoms with Crippen LogP contribution in [0.15, 0.2) is 29.2 Å². The normalized spacial score (nSPS) is 15.8. The molecule has 0 saturated heterocycles. The summed E-state index contributed by atoms with van der Waals surface area (Å²) in [6, 6.07) is 7.03. The molecule has 0 aromatic heterocycles. The van der Waals surface area contributed by atoms with Crippen LogP contribution >= 0.6 is 0 Å². The zero-order chi connectivity index (χ0) is 14.8. The van der Waals surface area contributed by atoms with Crippen molar-refractivity contribution in [3.05, 3.63) is 24.3 Å². The summed E-state index contributed by atoms with van der Waals surface area (Å²) in [5, 5.41) is 3.17. The third-order valence-corrected chi connectivity index (χ3v) is 5.61. The lowest BCUT2D eigenvalue weighted by Crippen LogP contribution is -2.38. The summed E-state index contributed by atoms with van der Waals surface area (Å²) in [6.07, 6.45) is 2.30. The number of rotatable bonds is 7. The van der Waals surface area contributed by atoms with E-state index in [0.29, 0.717) is 17.4 Å². The van der Waals surface area contributed by atoms with Gasteiger partial charge in [0.15, 0.2) is 0 Å². The Balaban J connectivity index is 2.21. The molecule has 4 nitrogen and oxygen atoms in total. The Kier molecular flexibility index (Phi) is 4.70. The van der Waals surface area contributed by atoms with Crippen LogP contribution in [0.5, 0.6) is 0 Å². The highest BCUT2D eigenvalue weighted by molar-refractivity contribution is 7.89. The largest absolute Gasteiger partial charge is 0.385 e. The summed E-state index contributed by atoms with van der Waals surface area (Å²) in [5.41, 5.74) is 0.949. The van der Waals surface area contributed by atoms with Gasteiger partial charge in [0.25, 0.3) is 0 Å². The molecule has 1 aromatic carbocycles. The first-order chi connectivity index (χ1) is 9.45. The average Bonchev–Trinajstić information content (AvgIpc) is 3.20. The predicted octanol–water partition coefficient (Wildman–Crippen LogP) is 2.93. The monoisotopic (exact) mass is 296 g/mol. The predicted molar refractivity (Wildman–Crippen MR) is 82.4 cm³/mol. The number of nitrogens with one attached hydrogen (secondary N) is 1. The molecule has 112 valence electrons. The molecule has 5 heteroatoms. The van der Waals surface area contributed by atoms with E-state index < -0.39 is 10.0 Å². The second-order valence-electron chi connectivity index (χ2n) is 5.67. The fourth-order valence-corrected chi connectivity index (χ4v) is 3.94. The minimum atomic E-state index is -3.38. The molecule has 0 aliphatic heterocycles. The van der Waals surface area contributed by atoms with Gasteiger partial charge in [-0.2, -0.15) is 4.31 Å². The first kappa shape index (κ1) is 15.3. The zero-order valence-electron chi connectivity index (χ0n) is 12.5. The molecule has 1 saturated carbocycles. The van der Waals surface area contributed by atoms with E-state index in [0.717, 1.165) is 25.1 Å². The molecule has 0 unspecified atom stereocenters. The van der Waals surface area contributed by atoms with Crippen molar-refractivity contribution < 1.29 is 8.42 Å². The topological polar surface area (TPSA) is 49.4 Å². The molecule has 0 amide bonds. The number of nitrogens with zero attached hydrogens (tertiary/aromatic N) is 1. The summed E-state index contributed by atoms with van der Waals surface area (Å²) in [5.74, 6) is 0.549. The molecule has 1 N–H and O–H groups in total. The maximum Gasteiger partial charge on any atom is 0.243 e. The SMILES string of the molecule is CCNc1ccc(S(=O)(=O)N(CC2CC2)C(C)C)cc1. The van der Waals surface area contributed by atoms with Gasteiger partial charge in [-0.3, -0.25) is 0 Å². The molecular weight excluding hydrogens is 272 g/mol. The number of hydrogen-bond acceptors (Lipinski definition) is 3. The van der Waals surface area contributed by atoms with Gasteiger partial charge >= 0.3 is 0 Å². The number of benzene rings is 1. The van der Waals surface area contributed by atoms with Crippen LogP contribution in [0, 0.1) is 5.92 Å². The van der Waals surface area contributed by atoms with Crippen molar-refractivity contribution in [2.45, 2.75) is 44.6 Å². The van der Waals surface area contributed by atoms with E-state index in [1.165, 1.54) is 0 Å². The Labute approximate surface area is 122 Å². The summed E-state index contributed by atoms with van der Waals surface area (Å²) < 4.78 is 27.1. The van der Waals surface area contributed by atoms with Crippen LogP contribution in [0.1, 0.15) is 33.6 Å². The smallest absolute Gasteiger partial charge is 0.243 e. The van der Waals surface area contributed by atoms with Gasteiger partial charge in [-0.05, 0) is 63.8 Å². The lowest BCUT2D eigenvalue weighted by Gasteiger charge is -2.26. The van der Waals surface area contributed by atoms with E-state index in [1.54, 1.807) is 16.4 Å². The third-order valence-electron chi connectivity index (χ3n) is 3.55. The average molecular weight is 296 g/mol. The fourth-order valence-electron chi connectivity index (χ4n) is 2.23. The molecule has 0 atom stereocenters. The van der Waals surface area contributed by atoms with Crippen molar-refractivity contribution in [2.24, 2.45) is 5.92 Å².